The quantitative estimate of drug-likeness (QED) is 0.901. The Labute approximate surface area is 123 Å². The van der Waals surface area contributed by atoms with Crippen molar-refractivity contribution in [3.05, 3.63) is 35.4 Å². The lowest BCUT2D eigenvalue weighted by molar-refractivity contribution is 0.143. The first-order chi connectivity index (χ1) is 9.62. The van der Waals surface area contributed by atoms with Gasteiger partial charge in [0.1, 0.15) is 0 Å². The summed E-state index contributed by atoms with van der Waals surface area (Å²) < 4.78 is 0. The van der Waals surface area contributed by atoms with Gasteiger partial charge in [-0.3, -0.25) is 4.90 Å². The van der Waals surface area contributed by atoms with Gasteiger partial charge in [0, 0.05) is 25.2 Å². The summed E-state index contributed by atoms with van der Waals surface area (Å²) in [7, 11) is 0. The van der Waals surface area contributed by atoms with E-state index in [2.05, 4.69) is 55.3 Å². The molecule has 1 aliphatic heterocycles. The van der Waals surface area contributed by atoms with E-state index in [-0.39, 0.29) is 0 Å². The molecule has 1 aromatic carbocycles. The van der Waals surface area contributed by atoms with Gasteiger partial charge in [0.25, 0.3) is 0 Å². The van der Waals surface area contributed by atoms with Gasteiger partial charge < -0.3 is 5.32 Å². The maximum absolute atomic E-state index is 3.83. The van der Waals surface area contributed by atoms with Crippen LogP contribution >= 0.6 is 0 Å². The van der Waals surface area contributed by atoms with Crippen LogP contribution in [0.15, 0.2) is 24.3 Å². The van der Waals surface area contributed by atoms with E-state index in [1.165, 1.54) is 30.4 Å². The minimum Gasteiger partial charge on any atom is -0.312 e. The molecule has 110 valence electrons. The van der Waals surface area contributed by atoms with E-state index in [4.69, 9.17) is 0 Å². The Morgan fingerprint density at radius 2 is 1.85 bits per heavy atom. The minimum atomic E-state index is 0.425. The molecule has 0 aromatic heterocycles. The largest absolute Gasteiger partial charge is 0.312 e. The fourth-order valence-corrected chi connectivity index (χ4v) is 4.06. The molecule has 0 radical (unpaired) electrons. The van der Waals surface area contributed by atoms with E-state index in [9.17, 15) is 0 Å². The number of fused-ring (bicyclic) bond motifs is 1. The second-order valence-electron chi connectivity index (χ2n) is 7.20. The van der Waals surface area contributed by atoms with Crippen LogP contribution in [-0.2, 0) is 13.1 Å². The lowest BCUT2D eigenvalue weighted by atomic mass is 9.86. The van der Waals surface area contributed by atoms with E-state index in [0.29, 0.717) is 17.5 Å². The average molecular weight is 272 g/mol. The van der Waals surface area contributed by atoms with Crippen molar-refractivity contribution in [1.29, 1.82) is 0 Å². The van der Waals surface area contributed by atoms with Crippen LogP contribution in [0.5, 0.6) is 0 Å². The number of benzene rings is 1. The third kappa shape index (κ3) is 2.51. The minimum absolute atomic E-state index is 0.425. The van der Waals surface area contributed by atoms with Crippen molar-refractivity contribution in [3.63, 3.8) is 0 Å². The van der Waals surface area contributed by atoms with Crippen molar-refractivity contribution in [1.82, 2.24) is 10.2 Å². The molecule has 0 saturated heterocycles. The predicted molar refractivity (Wildman–Crippen MR) is 84.6 cm³/mol. The van der Waals surface area contributed by atoms with Crippen LogP contribution in [0.4, 0.5) is 0 Å². The number of hydrogen-bond donors (Lipinski definition) is 1. The first kappa shape index (κ1) is 14.1. The van der Waals surface area contributed by atoms with Crippen molar-refractivity contribution in [3.8, 4) is 0 Å². The molecular formula is C18H28N2. The fraction of sp³-hybridized carbons (Fsp3) is 0.667. The van der Waals surface area contributed by atoms with Crippen LogP contribution in [0.1, 0.15) is 51.2 Å². The van der Waals surface area contributed by atoms with Gasteiger partial charge in [-0.05, 0) is 42.3 Å². The molecule has 0 spiro atoms. The second kappa shape index (κ2) is 5.50. The molecule has 2 nitrogen and oxygen atoms in total. The van der Waals surface area contributed by atoms with E-state index < -0.39 is 0 Å². The molecule has 2 unspecified atom stereocenters. The molecule has 1 fully saturated rings. The molecule has 3 rings (SSSR count). The number of rotatable bonds is 4. The molecular weight excluding hydrogens is 244 g/mol. The van der Waals surface area contributed by atoms with Crippen molar-refractivity contribution < 1.29 is 0 Å². The lowest BCUT2D eigenvalue weighted by Crippen LogP contribution is -2.50. The van der Waals surface area contributed by atoms with Gasteiger partial charge >= 0.3 is 0 Å². The molecule has 1 heterocycles. The summed E-state index contributed by atoms with van der Waals surface area (Å²) >= 11 is 0. The monoisotopic (exact) mass is 272 g/mol. The summed E-state index contributed by atoms with van der Waals surface area (Å²) in [5, 5.41) is 3.83. The highest BCUT2D eigenvalue weighted by molar-refractivity contribution is 5.30. The van der Waals surface area contributed by atoms with Gasteiger partial charge in [0.15, 0.2) is 0 Å². The van der Waals surface area contributed by atoms with Crippen LogP contribution in [0.3, 0.4) is 0 Å². The number of nitrogens with one attached hydrogen (secondary N) is 1. The van der Waals surface area contributed by atoms with Gasteiger partial charge in [-0.25, -0.2) is 0 Å². The zero-order valence-electron chi connectivity index (χ0n) is 13.2. The molecule has 0 amide bonds. The molecule has 20 heavy (non-hydrogen) atoms. The van der Waals surface area contributed by atoms with Gasteiger partial charge in [-0.2, -0.15) is 0 Å². The highest BCUT2D eigenvalue weighted by Gasteiger charge is 2.44. The van der Waals surface area contributed by atoms with Crippen molar-refractivity contribution in [2.24, 2.45) is 5.41 Å². The van der Waals surface area contributed by atoms with Crippen LogP contribution in [0, 0.1) is 5.41 Å². The van der Waals surface area contributed by atoms with Gasteiger partial charge in [-0.1, -0.05) is 45.0 Å². The van der Waals surface area contributed by atoms with E-state index in [1.54, 1.807) is 0 Å². The predicted octanol–water partition coefficient (Wildman–Crippen LogP) is 3.56. The fourth-order valence-electron chi connectivity index (χ4n) is 4.06. The summed E-state index contributed by atoms with van der Waals surface area (Å²) in [6.45, 7) is 10.6. The zero-order valence-corrected chi connectivity index (χ0v) is 13.2. The summed E-state index contributed by atoms with van der Waals surface area (Å²) in [6.07, 6.45) is 3.90. The Kier molecular flexibility index (Phi) is 3.87. The maximum Gasteiger partial charge on any atom is 0.0274 e. The highest BCUT2D eigenvalue weighted by atomic mass is 15.2. The van der Waals surface area contributed by atoms with Crippen LogP contribution < -0.4 is 5.32 Å². The third-order valence-electron chi connectivity index (χ3n) is 5.26. The molecule has 2 atom stereocenters. The third-order valence-corrected chi connectivity index (χ3v) is 5.26. The Balaban J connectivity index is 1.74. The molecule has 1 saturated carbocycles. The van der Waals surface area contributed by atoms with Crippen molar-refractivity contribution in [2.45, 2.75) is 65.2 Å². The Hall–Kier alpha value is -0.860. The number of nitrogens with zero attached hydrogens (tertiary/aromatic N) is 1. The summed E-state index contributed by atoms with van der Waals surface area (Å²) in [5.41, 5.74) is 3.49. The smallest absolute Gasteiger partial charge is 0.0274 e. The Morgan fingerprint density at radius 3 is 2.45 bits per heavy atom. The summed E-state index contributed by atoms with van der Waals surface area (Å²) in [4.78, 5) is 2.70. The topological polar surface area (TPSA) is 15.3 Å². The molecule has 1 aliphatic carbocycles. The van der Waals surface area contributed by atoms with E-state index in [1.807, 2.05) is 0 Å². The SMILES string of the molecule is CCCNC1C(N2Cc3ccccc3C2)CCC1(C)C. The van der Waals surface area contributed by atoms with Crippen molar-refractivity contribution >= 4 is 0 Å². The lowest BCUT2D eigenvalue weighted by Gasteiger charge is -2.36. The van der Waals surface area contributed by atoms with E-state index >= 15 is 0 Å². The van der Waals surface area contributed by atoms with Gasteiger partial charge in [0.2, 0.25) is 0 Å². The van der Waals surface area contributed by atoms with Crippen LogP contribution in [-0.4, -0.2) is 23.5 Å². The van der Waals surface area contributed by atoms with Gasteiger partial charge in [0.05, 0.1) is 0 Å². The Morgan fingerprint density at radius 1 is 1.20 bits per heavy atom. The summed E-state index contributed by atoms with van der Waals surface area (Å²) in [5.74, 6) is 0. The van der Waals surface area contributed by atoms with Gasteiger partial charge in [-0.15, -0.1) is 0 Å². The van der Waals surface area contributed by atoms with Crippen LogP contribution in [0.2, 0.25) is 0 Å². The summed E-state index contributed by atoms with van der Waals surface area (Å²) in [6, 6.07) is 10.3. The first-order valence-electron chi connectivity index (χ1n) is 8.16. The molecule has 2 aliphatic rings. The zero-order chi connectivity index (χ0) is 14.2. The van der Waals surface area contributed by atoms with Crippen LogP contribution in [0.25, 0.3) is 0 Å². The van der Waals surface area contributed by atoms with E-state index in [0.717, 1.165) is 19.6 Å². The van der Waals surface area contributed by atoms with Crippen molar-refractivity contribution in [2.75, 3.05) is 6.54 Å². The number of hydrogen-bond acceptors (Lipinski definition) is 2. The Bertz CT molecular complexity index is 441. The normalized spacial score (nSPS) is 28.8. The maximum atomic E-state index is 3.83. The first-order valence-corrected chi connectivity index (χ1v) is 8.16. The molecule has 2 heteroatoms. The second-order valence-corrected chi connectivity index (χ2v) is 7.20. The average Bonchev–Trinajstić information content (AvgIpc) is 2.97. The standard InChI is InChI=1S/C18H28N2/c1-4-11-19-17-16(9-10-18(17,2)3)20-12-14-7-5-6-8-15(14)13-20/h5-8,16-17,19H,4,9-13H2,1-3H3. The molecule has 1 N–H and O–H groups in total. The highest BCUT2D eigenvalue weighted by Crippen LogP contribution is 2.42. The molecule has 0 bridgehead atoms. The molecule has 1 aromatic rings.